The molecule has 1 aliphatic rings. The summed E-state index contributed by atoms with van der Waals surface area (Å²) < 4.78 is 0. The number of rotatable bonds is 16. The molecule has 0 radical (unpaired) electrons. The molecule has 11 aromatic rings. The molecule has 0 bridgehead atoms. The molecule has 0 N–H and O–H groups in total. The zero-order valence-electron chi connectivity index (χ0n) is 42.0. The molecule has 0 aromatic heterocycles. The zero-order valence-corrected chi connectivity index (χ0v) is 43.0. The molecule has 74 heavy (non-hydrogen) atoms. The van der Waals surface area contributed by atoms with Crippen LogP contribution in [-0.4, -0.2) is 8.07 Å². The molecule has 356 valence electrons. The van der Waals surface area contributed by atoms with Crippen LogP contribution in [-0.2, 0) is 38.5 Å². The molecule has 0 fully saturated rings. The quantitative estimate of drug-likeness (QED) is 0.0669. The van der Waals surface area contributed by atoms with Crippen molar-refractivity contribution in [2.75, 3.05) is 0 Å². The van der Waals surface area contributed by atoms with Crippen molar-refractivity contribution >= 4 is 23.6 Å². The summed E-state index contributed by atoms with van der Waals surface area (Å²) in [6.07, 6.45) is 5.08. The van der Waals surface area contributed by atoms with E-state index in [0.717, 1.165) is 38.5 Å². The summed E-state index contributed by atoms with van der Waals surface area (Å²) >= 11 is 0. The lowest BCUT2D eigenvalue weighted by Crippen LogP contribution is -2.71. The Bertz CT molecular complexity index is 3100. The Morgan fingerprint density at radius 1 is 0.203 bits per heavy atom. The van der Waals surface area contributed by atoms with Crippen LogP contribution in [0.4, 0.5) is 0 Å². The number of hydrogen-bond acceptors (Lipinski definition) is 0. The first-order chi connectivity index (χ1) is 36.6. The van der Waals surface area contributed by atoms with Gasteiger partial charge in [-0.05, 0) is 143 Å². The van der Waals surface area contributed by atoms with Crippen LogP contribution < -0.4 is 15.6 Å². The number of fused-ring (bicyclic) bond motifs is 3. The van der Waals surface area contributed by atoms with Crippen LogP contribution in [0.25, 0.3) is 11.1 Å². The minimum Gasteiger partial charge on any atom is -0.0622 e. The Kier molecular flexibility index (Phi) is 13.5. The van der Waals surface area contributed by atoms with Gasteiger partial charge in [-0.2, -0.15) is 0 Å². The van der Waals surface area contributed by atoms with E-state index in [4.69, 9.17) is 0 Å². The van der Waals surface area contributed by atoms with Crippen LogP contribution >= 0.6 is 0 Å². The Hall–Kier alpha value is -8.36. The van der Waals surface area contributed by atoms with Crippen molar-refractivity contribution in [3.05, 3.63) is 363 Å². The van der Waals surface area contributed by atoms with Gasteiger partial charge in [0.15, 0.2) is 8.07 Å². The summed E-state index contributed by atoms with van der Waals surface area (Å²) in [5.74, 6) is 0. The van der Waals surface area contributed by atoms with E-state index >= 15 is 0 Å². The molecular formula is C73H60Si. The van der Waals surface area contributed by atoms with Crippen LogP contribution in [0.3, 0.4) is 0 Å². The van der Waals surface area contributed by atoms with Crippen LogP contribution in [0.1, 0.15) is 83.4 Å². The second kappa shape index (κ2) is 21.4. The third-order valence-corrected chi connectivity index (χ3v) is 20.4. The summed E-state index contributed by atoms with van der Waals surface area (Å²) in [4.78, 5) is 0. The molecule has 12 rings (SSSR count). The molecule has 0 amide bonds. The molecule has 0 saturated carbocycles. The van der Waals surface area contributed by atoms with Gasteiger partial charge < -0.3 is 0 Å². The van der Waals surface area contributed by atoms with E-state index in [1.807, 2.05) is 0 Å². The minimum atomic E-state index is -3.38. The lowest BCUT2D eigenvalue weighted by atomic mass is 9.99. The Morgan fingerprint density at radius 3 is 0.635 bits per heavy atom. The Morgan fingerprint density at radius 2 is 0.405 bits per heavy atom. The predicted molar refractivity (Wildman–Crippen MR) is 313 cm³/mol. The first-order valence-electron chi connectivity index (χ1n) is 26.4. The molecule has 11 aromatic carbocycles. The highest BCUT2D eigenvalue weighted by Gasteiger charge is 2.52. The van der Waals surface area contributed by atoms with Gasteiger partial charge in [0.1, 0.15) is 0 Å². The molecule has 0 unspecified atom stereocenters. The molecular weight excluding hydrogens is 905 g/mol. The average Bonchev–Trinajstić information content (AvgIpc) is 3.77. The maximum Gasteiger partial charge on any atom is 0.160 e. The summed E-state index contributed by atoms with van der Waals surface area (Å²) in [6.45, 7) is 0. The van der Waals surface area contributed by atoms with Gasteiger partial charge in [-0.25, -0.2) is 0 Å². The van der Waals surface area contributed by atoms with Crippen molar-refractivity contribution in [1.29, 1.82) is 0 Å². The second-order valence-electron chi connectivity index (χ2n) is 20.5. The van der Waals surface area contributed by atoms with E-state index < -0.39 is 8.07 Å². The first kappa shape index (κ1) is 46.7. The van der Waals surface area contributed by atoms with Gasteiger partial charge in [0.2, 0.25) is 0 Å². The molecule has 1 aliphatic carbocycles. The predicted octanol–water partition coefficient (Wildman–Crippen LogP) is 15.1. The number of benzene rings is 11. The zero-order chi connectivity index (χ0) is 49.5. The molecule has 0 heterocycles. The largest absolute Gasteiger partial charge is 0.160 e. The maximum atomic E-state index is 2.67. The van der Waals surface area contributed by atoms with Gasteiger partial charge in [0.05, 0.1) is 0 Å². The highest BCUT2D eigenvalue weighted by Crippen LogP contribution is 2.49. The maximum absolute atomic E-state index is 3.38. The molecule has 0 atom stereocenters. The fourth-order valence-electron chi connectivity index (χ4n) is 12.2. The molecule has 1 heteroatoms. The number of hydrogen-bond donors (Lipinski definition) is 0. The molecule has 0 aliphatic heterocycles. The minimum absolute atomic E-state index is 0.0551. The lowest BCUT2D eigenvalue weighted by Gasteiger charge is -2.41. The van der Waals surface area contributed by atoms with Crippen molar-refractivity contribution in [3.8, 4) is 11.1 Å². The Balaban J connectivity index is 1.22. The van der Waals surface area contributed by atoms with E-state index in [0.29, 0.717) is 0 Å². The molecule has 0 spiro atoms. The van der Waals surface area contributed by atoms with Crippen LogP contribution in [0.5, 0.6) is 0 Å². The third-order valence-electron chi connectivity index (χ3n) is 15.3. The smallest absolute Gasteiger partial charge is 0.0622 e. The molecule has 0 saturated heterocycles. The summed E-state index contributed by atoms with van der Waals surface area (Å²) in [6, 6.07) is 109. The van der Waals surface area contributed by atoms with Crippen LogP contribution in [0.15, 0.2) is 285 Å². The van der Waals surface area contributed by atoms with E-state index in [2.05, 4.69) is 285 Å². The normalized spacial score (nSPS) is 12.1. The van der Waals surface area contributed by atoms with Gasteiger partial charge in [-0.1, -0.05) is 285 Å². The topological polar surface area (TPSA) is 0 Å². The standard InChI is InChI=1S/C73H60Si/c1-7-23-54(24-8-1)39-60-45-61(40-55-25-9-2-10-26-55)49-66(48-60)74(73-71-37-21-19-35-69(71)70-36-20-22-38-72(70)73,67-50-62(41-56-27-11-3-12-28-56)46-63(51-67)42-57-29-13-4-14-30-57)68-52-64(43-58-31-15-5-16-32-58)47-65(53-68)44-59-33-17-6-18-34-59/h1-38,45-53,73H,39-44H2. The van der Waals surface area contributed by atoms with Crippen molar-refractivity contribution in [3.63, 3.8) is 0 Å². The van der Waals surface area contributed by atoms with Gasteiger partial charge in [-0.3, -0.25) is 0 Å². The van der Waals surface area contributed by atoms with E-state index in [-0.39, 0.29) is 5.54 Å². The highest BCUT2D eigenvalue weighted by atomic mass is 28.3. The fourth-order valence-corrected chi connectivity index (χ4v) is 18.1. The Labute approximate surface area is 439 Å². The van der Waals surface area contributed by atoms with Gasteiger partial charge in [-0.15, -0.1) is 0 Å². The third kappa shape index (κ3) is 10.0. The van der Waals surface area contributed by atoms with Crippen LogP contribution in [0, 0.1) is 0 Å². The SMILES string of the molecule is c1ccc(Cc2cc(Cc3ccccc3)cc([Si](c3cc(Cc4ccccc4)cc(Cc4ccccc4)c3)(c3cc(Cc4ccccc4)cc(Cc4ccccc4)c3)C3c4ccccc4-c4ccccc43)c2)cc1. The van der Waals surface area contributed by atoms with Gasteiger partial charge in [0.25, 0.3) is 0 Å². The van der Waals surface area contributed by atoms with Gasteiger partial charge in [0, 0.05) is 5.54 Å². The summed E-state index contributed by atoms with van der Waals surface area (Å²) in [5, 5.41) is 4.37. The van der Waals surface area contributed by atoms with Crippen molar-refractivity contribution in [2.45, 2.75) is 44.1 Å². The highest BCUT2D eigenvalue weighted by molar-refractivity contribution is 7.13. The average molecular weight is 965 g/mol. The van der Waals surface area contributed by atoms with Crippen molar-refractivity contribution < 1.29 is 0 Å². The first-order valence-corrected chi connectivity index (χ1v) is 28.5. The lowest BCUT2D eigenvalue weighted by molar-refractivity contribution is 1.11. The van der Waals surface area contributed by atoms with E-state index in [1.165, 1.54) is 105 Å². The summed E-state index contributed by atoms with van der Waals surface area (Å²) in [5.41, 5.74) is 21.7. The fraction of sp³-hybridized carbons (Fsp3) is 0.0959. The van der Waals surface area contributed by atoms with E-state index in [9.17, 15) is 0 Å². The van der Waals surface area contributed by atoms with E-state index in [1.54, 1.807) is 0 Å². The molecule has 0 nitrogen and oxygen atoms in total. The van der Waals surface area contributed by atoms with Crippen molar-refractivity contribution in [2.24, 2.45) is 0 Å². The monoisotopic (exact) mass is 964 g/mol. The second-order valence-corrected chi connectivity index (χ2v) is 24.4. The van der Waals surface area contributed by atoms with Crippen LogP contribution in [0.2, 0.25) is 0 Å². The van der Waals surface area contributed by atoms with Crippen molar-refractivity contribution in [1.82, 2.24) is 0 Å². The van der Waals surface area contributed by atoms with Gasteiger partial charge >= 0.3 is 0 Å². The summed E-state index contributed by atoms with van der Waals surface area (Å²) in [7, 11) is -3.38.